The van der Waals surface area contributed by atoms with E-state index in [0.717, 1.165) is 23.1 Å². The van der Waals surface area contributed by atoms with Gasteiger partial charge in [-0.05, 0) is 62.1 Å². The van der Waals surface area contributed by atoms with Crippen LogP contribution < -0.4 is 5.32 Å². The molecule has 10 heteroatoms. The van der Waals surface area contributed by atoms with Crippen LogP contribution in [0.4, 0.5) is 5.69 Å². The van der Waals surface area contributed by atoms with Crippen molar-refractivity contribution in [2.75, 3.05) is 25.6 Å². The number of ether oxygens (including phenoxy) is 1. The van der Waals surface area contributed by atoms with Crippen molar-refractivity contribution in [3.05, 3.63) is 47.5 Å². The maximum Gasteiger partial charge on any atom is 0.243 e. The molecule has 1 aromatic heterocycles. The topological polar surface area (TPSA) is 106 Å². The van der Waals surface area contributed by atoms with Crippen LogP contribution in [0.25, 0.3) is 11.0 Å². The fourth-order valence-corrected chi connectivity index (χ4v) is 5.82. The summed E-state index contributed by atoms with van der Waals surface area (Å²) in [6, 6.07) is 9.70. The first-order valence-electron chi connectivity index (χ1n) is 11.0. The third-order valence-corrected chi connectivity index (χ3v) is 8.12. The summed E-state index contributed by atoms with van der Waals surface area (Å²) in [4.78, 5) is 13.3. The van der Waals surface area contributed by atoms with Crippen LogP contribution in [0.1, 0.15) is 30.4 Å². The number of carbonyl (C=O) groups is 1. The first-order chi connectivity index (χ1) is 15.8. The number of aromatic nitrogens is 3. The molecule has 1 unspecified atom stereocenters. The Bertz CT molecular complexity index is 1270. The number of hydrogen-bond acceptors (Lipinski definition) is 6. The summed E-state index contributed by atoms with van der Waals surface area (Å²) in [5, 5.41) is 11.1. The van der Waals surface area contributed by atoms with Gasteiger partial charge < -0.3 is 10.1 Å². The lowest BCUT2D eigenvalue weighted by Crippen LogP contribution is -2.49. The molecule has 1 aliphatic rings. The van der Waals surface area contributed by atoms with Gasteiger partial charge in [0.25, 0.3) is 0 Å². The number of nitrogens with one attached hydrogen (secondary N) is 1. The molecule has 1 aliphatic heterocycles. The highest BCUT2D eigenvalue weighted by Crippen LogP contribution is 2.28. The number of sulfonamides is 1. The zero-order valence-electron chi connectivity index (χ0n) is 19.1. The first-order valence-corrected chi connectivity index (χ1v) is 12.5. The van der Waals surface area contributed by atoms with Gasteiger partial charge in [0.1, 0.15) is 11.6 Å². The Morgan fingerprint density at radius 2 is 2.03 bits per heavy atom. The van der Waals surface area contributed by atoms with Gasteiger partial charge in [0.2, 0.25) is 15.9 Å². The zero-order valence-corrected chi connectivity index (χ0v) is 19.9. The lowest BCUT2D eigenvalue weighted by molar-refractivity contribution is -0.120. The van der Waals surface area contributed by atoms with Gasteiger partial charge in [-0.3, -0.25) is 4.79 Å². The molecule has 0 saturated carbocycles. The van der Waals surface area contributed by atoms with E-state index in [1.54, 1.807) is 23.9 Å². The number of fused-ring (bicyclic) bond motifs is 1. The SMILES string of the molecule is COCCn1nnc2cc(S(=O)(=O)N3CCCCC3C(=O)Nc3cccc(C)c3C)ccc21. The van der Waals surface area contributed by atoms with E-state index in [0.29, 0.717) is 43.7 Å². The Labute approximate surface area is 193 Å². The molecule has 176 valence electrons. The summed E-state index contributed by atoms with van der Waals surface area (Å²) in [7, 11) is -2.29. The van der Waals surface area contributed by atoms with Crippen molar-refractivity contribution in [1.82, 2.24) is 19.3 Å². The number of rotatable bonds is 7. The van der Waals surface area contributed by atoms with Gasteiger partial charge in [-0.25, -0.2) is 13.1 Å². The quantitative estimate of drug-likeness (QED) is 0.568. The molecule has 1 amide bonds. The second-order valence-corrected chi connectivity index (χ2v) is 10.2. The number of carbonyl (C=O) groups excluding carboxylic acids is 1. The number of aryl methyl sites for hydroxylation is 1. The normalized spacial score (nSPS) is 17.4. The molecule has 9 nitrogen and oxygen atoms in total. The van der Waals surface area contributed by atoms with Crippen LogP contribution >= 0.6 is 0 Å². The van der Waals surface area contributed by atoms with E-state index in [-0.39, 0.29) is 10.8 Å². The zero-order chi connectivity index (χ0) is 23.6. The highest BCUT2D eigenvalue weighted by Gasteiger charge is 2.38. The molecule has 0 spiro atoms. The number of nitrogens with zero attached hydrogens (tertiary/aromatic N) is 4. The van der Waals surface area contributed by atoms with Crippen LogP contribution in [0.5, 0.6) is 0 Å². The van der Waals surface area contributed by atoms with Crippen molar-refractivity contribution in [1.29, 1.82) is 0 Å². The Hall–Kier alpha value is -2.82. The number of amides is 1. The monoisotopic (exact) mass is 471 g/mol. The van der Waals surface area contributed by atoms with Crippen LogP contribution in [0.2, 0.25) is 0 Å². The van der Waals surface area contributed by atoms with E-state index < -0.39 is 16.1 Å². The van der Waals surface area contributed by atoms with Gasteiger partial charge in [0.15, 0.2) is 0 Å². The molecule has 0 aliphatic carbocycles. The van der Waals surface area contributed by atoms with Crippen LogP contribution in [-0.4, -0.2) is 59.9 Å². The van der Waals surface area contributed by atoms with E-state index in [1.165, 1.54) is 10.4 Å². The standard InChI is InChI=1S/C23H29N5O4S/c1-16-7-6-8-19(17(16)2)24-23(29)22-9-4-5-12-28(22)33(30,31)18-10-11-21-20(15-18)25-26-27(21)13-14-32-3/h6-8,10-11,15,22H,4-5,9,12-14H2,1-3H3,(H,24,29). The van der Waals surface area contributed by atoms with Crippen molar-refractivity contribution in [2.24, 2.45) is 0 Å². The lowest BCUT2D eigenvalue weighted by atomic mass is 10.0. The predicted molar refractivity (Wildman–Crippen MR) is 125 cm³/mol. The van der Waals surface area contributed by atoms with E-state index in [9.17, 15) is 13.2 Å². The van der Waals surface area contributed by atoms with Gasteiger partial charge in [-0.15, -0.1) is 5.10 Å². The second-order valence-electron chi connectivity index (χ2n) is 8.32. The molecule has 1 fully saturated rings. The van der Waals surface area contributed by atoms with Gasteiger partial charge >= 0.3 is 0 Å². The summed E-state index contributed by atoms with van der Waals surface area (Å²) in [6.45, 7) is 5.21. The largest absolute Gasteiger partial charge is 0.383 e. The summed E-state index contributed by atoms with van der Waals surface area (Å²) in [5.41, 5.74) is 3.96. The molecule has 2 heterocycles. The number of anilines is 1. The fraction of sp³-hybridized carbons (Fsp3) is 0.435. The highest BCUT2D eigenvalue weighted by molar-refractivity contribution is 7.89. The third-order valence-electron chi connectivity index (χ3n) is 6.22. The van der Waals surface area contributed by atoms with Crippen molar-refractivity contribution < 1.29 is 17.9 Å². The van der Waals surface area contributed by atoms with Crippen molar-refractivity contribution in [2.45, 2.75) is 50.6 Å². The molecule has 3 aromatic rings. The minimum Gasteiger partial charge on any atom is -0.383 e. The van der Waals surface area contributed by atoms with E-state index in [4.69, 9.17) is 4.74 Å². The van der Waals surface area contributed by atoms with E-state index in [2.05, 4.69) is 15.6 Å². The smallest absolute Gasteiger partial charge is 0.243 e. The molecule has 1 N–H and O–H groups in total. The maximum atomic E-state index is 13.6. The van der Waals surface area contributed by atoms with Gasteiger partial charge in [0.05, 0.1) is 23.6 Å². The van der Waals surface area contributed by atoms with Crippen LogP contribution in [0.3, 0.4) is 0 Å². The Kier molecular flexibility index (Phi) is 6.78. The van der Waals surface area contributed by atoms with Crippen molar-refractivity contribution >= 4 is 32.7 Å². The average molecular weight is 472 g/mol. The molecule has 1 atom stereocenters. The minimum atomic E-state index is -3.90. The van der Waals surface area contributed by atoms with E-state index in [1.807, 2.05) is 32.0 Å². The van der Waals surface area contributed by atoms with Gasteiger partial charge in [-0.1, -0.05) is 23.8 Å². The predicted octanol–water partition coefficient (Wildman–Crippen LogP) is 2.88. The molecule has 4 rings (SSSR count). The summed E-state index contributed by atoms with van der Waals surface area (Å²) >= 11 is 0. The van der Waals surface area contributed by atoms with Crippen LogP contribution in [0.15, 0.2) is 41.3 Å². The third kappa shape index (κ3) is 4.64. The Morgan fingerprint density at radius 3 is 2.82 bits per heavy atom. The average Bonchev–Trinajstić information content (AvgIpc) is 3.23. The summed E-state index contributed by atoms with van der Waals surface area (Å²) in [6.07, 6.45) is 1.98. The number of methoxy groups -OCH3 is 1. The second kappa shape index (κ2) is 9.58. The van der Waals surface area contributed by atoms with Gasteiger partial charge in [-0.2, -0.15) is 4.31 Å². The molecular weight excluding hydrogens is 442 g/mol. The molecule has 0 radical (unpaired) electrons. The van der Waals surface area contributed by atoms with Crippen molar-refractivity contribution in [3.63, 3.8) is 0 Å². The highest BCUT2D eigenvalue weighted by atomic mass is 32.2. The summed E-state index contributed by atoms with van der Waals surface area (Å²) in [5.74, 6) is -0.307. The number of hydrogen-bond donors (Lipinski definition) is 1. The molecule has 33 heavy (non-hydrogen) atoms. The minimum absolute atomic E-state index is 0.111. The Morgan fingerprint density at radius 1 is 1.21 bits per heavy atom. The summed E-state index contributed by atoms with van der Waals surface area (Å²) < 4.78 is 35.2. The Balaban J connectivity index is 1.61. The number of benzene rings is 2. The lowest BCUT2D eigenvalue weighted by Gasteiger charge is -2.33. The van der Waals surface area contributed by atoms with Crippen LogP contribution in [-0.2, 0) is 26.1 Å². The van der Waals surface area contributed by atoms with Gasteiger partial charge in [0, 0.05) is 19.3 Å². The van der Waals surface area contributed by atoms with Crippen LogP contribution in [0, 0.1) is 13.8 Å². The molecule has 2 aromatic carbocycles. The fourth-order valence-electron chi connectivity index (χ4n) is 4.15. The molecular formula is C23H29N5O4S. The molecule has 1 saturated heterocycles. The number of piperidine rings is 1. The van der Waals surface area contributed by atoms with Crippen molar-refractivity contribution in [3.8, 4) is 0 Å². The first kappa shape index (κ1) is 23.3. The maximum absolute atomic E-state index is 13.6. The molecule has 0 bridgehead atoms. The van der Waals surface area contributed by atoms with E-state index >= 15 is 0 Å².